The Hall–Kier alpha value is -2.41. The second kappa shape index (κ2) is 10.1. The molecule has 0 atom stereocenters. The second-order valence-corrected chi connectivity index (χ2v) is 6.70. The van der Waals surface area contributed by atoms with Gasteiger partial charge in [0, 0.05) is 5.56 Å². The molecule has 0 radical (unpaired) electrons. The van der Waals surface area contributed by atoms with Crippen LogP contribution in [-0.2, 0) is 4.74 Å². The van der Waals surface area contributed by atoms with Gasteiger partial charge in [-0.05, 0) is 64.4 Å². The van der Waals surface area contributed by atoms with E-state index in [9.17, 15) is 4.79 Å². The lowest BCUT2D eigenvalue weighted by atomic mass is 10.1. The van der Waals surface area contributed by atoms with Crippen LogP contribution in [0.4, 0.5) is 0 Å². The summed E-state index contributed by atoms with van der Waals surface area (Å²) in [6.45, 7) is 6.29. The fourth-order valence-electron chi connectivity index (χ4n) is 3.35. The van der Waals surface area contributed by atoms with Crippen LogP contribution < -0.4 is 4.74 Å². The minimum absolute atomic E-state index is 0.179. The van der Waals surface area contributed by atoms with Gasteiger partial charge in [0.15, 0.2) is 5.69 Å². The highest BCUT2D eigenvalue weighted by atomic mass is 16.5. The standard InChI is InChI=1S/C20H28N4O3/c1-2-26-20(25)19-18(21-23-22-19)16-10-4-5-11-17(16)27-15-9-8-14-24-12-6-3-7-13-24/h4-5,10-11H,2-3,6-9,12-15H2,1H3,(H,21,22,23). The zero-order valence-electron chi connectivity index (χ0n) is 15.9. The van der Waals surface area contributed by atoms with Crippen molar-refractivity contribution >= 4 is 5.97 Å². The second-order valence-electron chi connectivity index (χ2n) is 6.70. The molecule has 0 spiro atoms. The largest absolute Gasteiger partial charge is 0.493 e. The fourth-order valence-corrected chi connectivity index (χ4v) is 3.35. The summed E-state index contributed by atoms with van der Waals surface area (Å²) in [5, 5.41) is 10.6. The summed E-state index contributed by atoms with van der Waals surface area (Å²) in [6.07, 6.45) is 6.13. The minimum atomic E-state index is -0.488. The topological polar surface area (TPSA) is 80.3 Å². The zero-order chi connectivity index (χ0) is 18.9. The third-order valence-corrected chi connectivity index (χ3v) is 4.73. The molecule has 1 aromatic heterocycles. The number of unbranched alkanes of at least 4 members (excludes halogenated alkanes) is 1. The summed E-state index contributed by atoms with van der Waals surface area (Å²) in [7, 11) is 0. The molecule has 27 heavy (non-hydrogen) atoms. The number of carbonyl (C=O) groups is 1. The van der Waals surface area contributed by atoms with Crippen molar-refractivity contribution in [1.29, 1.82) is 0 Å². The number of aromatic nitrogens is 3. The molecule has 1 N–H and O–H groups in total. The molecule has 0 saturated carbocycles. The summed E-state index contributed by atoms with van der Waals surface area (Å²) in [6, 6.07) is 7.58. The van der Waals surface area contributed by atoms with Gasteiger partial charge in [-0.3, -0.25) is 0 Å². The van der Waals surface area contributed by atoms with Gasteiger partial charge in [-0.15, -0.1) is 5.10 Å². The molecule has 0 aliphatic carbocycles. The van der Waals surface area contributed by atoms with Gasteiger partial charge in [0.25, 0.3) is 0 Å². The molecule has 1 fully saturated rings. The van der Waals surface area contributed by atoms with Crippen molar-refractivity contribution in [2.45, 2.75) is 39.0 Å². The highest BCUT2D eigenvalue weighted by molar-refractivity contribution is 5.94. The van der Waals surface area contributed by atoms with Crippen LogP contribution in [0, 0.1) is 0 Å². The van der Waals surface area contributed by atoms with E-state index < -0.39 is 5.97 Å². The Morgan fingerprint density at radius 2 is 1.96 bits per heavy atom. The van der Waals surface area contributed by atoms with Crippen molar-refractivity contribution < 1.29 is 14.3 Å². The predicted octanol–water partition coefficient (Wildman–Crippen LogP) is 3.29. The quantitative estimate of drug-likeness (QED) is 0.537. The molecule has 0 bridgehead atoms. The molecule has 2 heterocycles. The third-order valence-electron chi connectivity index (χ3n) is 4.73. The van der Waals surface area contributed by atoms with Crippen molar-refractivity contribution in [1.82, 2.24) is 20.3 Å². The summed E-state index contributed by atoms with van der Waals surface area (Å²) < 4.78 is 11.0. The number of H-pyrrole nitrogens is 1. The molecule has 3 rings (SSSR count). The molecule has 0 unspecified atom stereocenters. The average molecular weight is 372 g/mol. The number of para-hydroxylation sites is 1. The lowest BCUT2D eigenvalue weighted by Crippen LogP contribution is -2.30. The molecule has 2 aromatic rings. The maximum Gasteiger partial charge on any atom is 0.361 e. The molecular formula is C20H28N4O3. The van der Waals surface area contributed by atoms with Crippen LogP contribution in [0.1, 0.15) is 49.5 Å². The lowest BCUT2D eigenvalue weighted by Gasteiger charge is -2.26. The Morgan fingerprint density at radius 1 is 1.15 bits per heavy atom. The van der Waals surface area contributed by atoms with E-state index in [-0.39, 0.29) is 5.69 Å². The normalized spacial score (nSPS) is 14.9. The van der Waals surface area contributed by atoms with Crippen molar-refractivity contribution in [2.24, 2.45) is 0 Å². The molecule has 7 heteroatoms. The number of nitrogens with zero attached hydrogens (tertiary/aromatic N) is 3. The Kier molecular flexibility index (Phi) is 7.21. The van der Waals surface area contributed by atoms with E-state index in [1.165, 1.54) is 32.4 Å². The number of nitrogens with one attached hydrogen (secondary N) is 1. The van der Waals surface area contributed by atoms with E-state index in [1.807, 2.05) is 24.3 Å². The van der Waals surface area contributed by atoms with Gasteiger partial charge in [0.05, 0.1) is 13.2 Å². The zero-order valence-corrected chi connectivity index (χ0v) is 15.9. The molecule has 1 saturated heterocycles. The minimum Gasteiger partial charge on any atom is -0.493 e. The molecular weight excluding hydrogens is 344 g/mol. The maximum absolute atomic E-state index is 12.1. The monoisotopic (exact) mass is 372 g/mol. The average Bonchev–Trinajstić information content (AvgIpc) is 3.19. The van der Waals surface area contributed by atoms with Gasteiger partial charge >= 0.3 is 5.97 Å². The third kappa shape index (κ3) is 5.29. The Bertz CT molecular complexity index is 726. The SMILES string of the molecule is CCOC(=O)c1n[nH]nc1-c1ccccc1OCCCCN1CCCCC1. The number of benzene rings is 1. The van der Waals surface area contributed by atoms with Gasteiger partial charge in [-0.25, -0.2) is 4.79 Å². The van der Waals surface area contributed by atoms with Crippen LogP contribution in [-0.4, -0.2) is 59.1 Å². The van der Waals surface area contributed by atoms with Gasteiger partial charge < -0.3 is 14.4 Å². The molecule has 1 aliphatic heterocycles. The number of ether oxygens (including phenoxy) is 2. The molecule has 1 aliphatic rings. The Balaban J connectivity index is 1.56. The van der Waals surface area contributed by atoms with E-state index >= 15 is 0 Å². The van der Waals surface area contributed by atoms with Crippen LogP contribution in [0.2, 0.25) is 0 Å². The number of aromatic amines is 1. The first-order chi connectivity index (χ1) is 13.3. The smallest absolute Gasteiger partial charge is 0.361 e. The first-order valence-corrected chi connectivity index (χ1v) is 9.82. The number of carbonyl (C=O) groups excluding carboxylic acids is 1. The first-order valence-electron chi connectivity index (χ1n) is 9.82. The van der Waals surface area contributed by atoms with Crippen molar-refractivity contribution in [3.8, 4) is 17.0 Å². The maximum atomic E-state index is 12.1. The van der Waals surface area contributed by atoms with Crippen molar-refractivity contribution in [3.05, 3.63) is 30.0 Å². The number of likely N-dealkylation sites (tertiary alicyclic amines) is 1. The summed E-state index contributed by atoms with van der Waals surface area (Å²) in [5.41, 5.74) is 1.38. The fraction of sp³-hybridized carbons (Fsp3) is 0.550. The van der Waals surface area contributed by atoms with E-state index in [0.717, 1.165) is 24.9 Å². The Labute approximate surface area is 160 Å². The summed E-state index contributed by atoms with van der Waals surface area (Å²) in [4.78, 5) is 14.6. The van der Waals surface area contributed by atoms with Crippen LogP contribution >= 0.6 is 0 Å². The van der Waals surface area contributed by atoms with Crippen LogP contribution in [0.25, 0.3) is 11.3 Å². The molecule has 7 nitrogen and oxygen atoms in total. The predicted molar refractivity (Wildman–Crippen MR) is 103 cm³/mol. The van der Waals surface area contributed by atoms with E-state index in [2.05, 4.69) is 20.3 Å². The molecule has 0 amide bonds. The highest BCUT2D eigenvalue weighted by Gasteiger charge is 2.21. The van der Waals surface area contributed by atoms with Gasteiger partial charge in [0.1, 0.15) is 11.4 Å². The van der Waals surface area contributed by atoms with Crippen LogP contribution in [0.15, 0.2) is 24.3 Å². The summed E-state index contributed by atoms with van der Waals surface area (Å²) >= 11 is 0. The van der Waals surface area contributed by atoms with Crippen LogP contribution in [0.5, 0.6) is 5.75 Å². The van der Waals surface area contributed by atoms with E-state index in [0.29, 0.717) is 24.7 Å². The lowest BCUT2D eigenvalue weighted by molar-refractivity contribution is 0.0520. The number of esters is 1. The van der Waals surface area contributed by atoms with Gasteiger partial charge in [-0.2, -0.15) is 10.3 Å². The van der Waals surface area contributed by atoms with Gasteiger partial charge in [-0.1, -0.05) is 18.6 Å². The van der Waals surface area contributed by atoms with Crippen molar-refractivity contribution in [2.75, 3.05) is 32.8 Å². The Morgan fingerprint density at radius 3 is 2.78 bits per heavy atom. The van der Waals surface area contributed by atoms with Crippen LogP contribution in [0.3, 0.4) is 0 Å². The number of piperidine rings is 1. The molecule has 146 valence electrons. The summed E-state index contributed by atoms with van der Waals surface area (Å²) in [5.74, 6) is 0.215. The van der Waals surface area contributed by atoms with E-state index in [4.69, 9.17) is 9.47 Å². The van der Waals surface area contributed by atoms with Crippen molar-refractivity contribution in [3.63, 3.8) is 0 Å². The van der Waals surface area contributed by atoms with E-state index in [1.54, 1.807) is 6.92 Å². The first kappa shape index (κ1) is 19.4. The number of hydrogen-bond donors (Lipinski definition) is 1. The highest BCUT2D eigenvalue weighted by Crippen LogP contribution is 2.30. The van der Waals surface area contributed by atoms with Gasteiger partial charge in [0.2, 0.25) is 0 Å². The number of rotatable bonds is 9. The molecule has 1 aromatic carbocycles. The number of hydrogen-bond acceptors (Lipinski definition) is 6.